The van der Waals surface area contributed by atoms with E-state index in [4.69, 9.17) is 0 Å². The lowest BCUT2D eigenvalue weighted by molar-refractivity contribution is -0.113. The summed E-state index contributed by atoms with van der Waals surface area (Å²) in [5.74, 6) is 0.162. The van der Waals surface area contributed by atoms with Gasteiger partial charge in [-0.15, -0.1) is 10.2 Å². The summed E-state index contributed by atoms with van der Waals surface area (Å²) in [5.41, 5.74) is 3.96. The number of carbonyl (C=O) groups excluding carboxylic acids is 2. The molecule has 0 radical (unpaired) electrons. The van der Waals surface area contributed by atoms with Gasteiger partial charge in [0.1, 0.15) is 6.33 Å². The first-order valence-electron chi connectivity index (χ1n) is 11.2. The molecule has 0 aliphatic carbocycles. The van der Waals surface area contributed by atoms with Crippen LogP contribution < -0.4 is 10.6 Å². The third kappa shape index (κ3) is 6.54. The second kappa shape index (κ2) is 11.4. The molecular formula is C26H26N6O2S. The number of thioether (sulfide) groups is 1. The maximum absolute atomic E-state index is 12.6. The zero-order valence-electron chi connectivity index (χ0n) is 19.5. The van der Waals surface area contributed by atoms with Gasteiger partial charge in [0, 0.05) is 23.1 Å². The number of rotatable bonds is 9. The van der Waals surface area contributed by atoms with E-state index in [0.29, 0.717) is 28.9 Å². The highest BCUT2D eigenvalue weighted by atomic mass is 32.2. The van der Waals surface area contributed by atoms with E-state index in [1.165, 1.54) is 17.3 Å². The largest absolute Gasteiger partial charge is 0.346 e. The Morgan fingerprint density at radius 3 is 2.60 bits per heavy atom. The summed E-state index contributed by atoms with van der Waals surface area (Å²) in [5, 5.41) is 14.5. The molecule has 2 N–H and O–H groups in total. The molecule has 2 heterocycles. The summed E-state index contributed by atoms with van der Waals surface area (Å²) in [6.07, 6.45) is 3.32. The van der Waals surface area contributed by atoms with Crippen molar-refractivity contribution in [2.75, 3.05) is 11.1 Å². The number of hydrogen-bond acceptors (Lipinski definition) is 6. The fourth-order valence-electron chi connectivity index (χ4n) is 3.36. The van der Waals surface area contributed by atoms with E-state index < -0.39 is 0 Å². The Kier molecular flexibility index (Phi) is 7.89. The van der Waals surface area contributed by atoms with Gasteiger partial charge >= 0.3 is 0 Å². The highest BCUT2D eigenvalue weighted by Gasteiger charge is 2.12. The zero-order valence-corrected chi connectivity index (χ0v) is 20.3. The van der Waals surface area contributed by atoms with Crippen molar-refractivity contribution in [3.05, 3.63) is 96.1 Å². The van der Waals surface area contributed by atoms with Crippen LogP contribution in [0.3, 0.4) is 0 Å². The van der Waals surface area contributed by atoms with Crippen LogP contribution in [0.1, 0.15) is 41.4 Å². The molecule has 35 heavy (non-hydrogen) atoms. The highest BCUT2D eigenvalue weighted by Crippen LogP contribution is 2.22. The van der Waals surface area contributed by atoms with Crippen molar-refractivity contribution in [3.8, 4) is 5.69 Å². The third-order valence-corrected chi connectivity index (χ3v) is 6.19. The van der Waals surface area contributed by atoms with Gasteiger partial charge in [-0.3, -0.25) is 19.1 Å². The second-order valence-electron chi connectivity index (χ2n) is 8.15. The van der Waals surface area contributed by atoms with Crippen molar-refractivity contribution in [2.24, 2.45) is 0 Å². The first-order chi connectivity index (χ1) is 17.0. The number of amides is 2. The molecule has 2 aromatic carbocycles. The smallest absolute Gasteiger partial charge is 0.251 e. The molecule has 2 amide bonds. The summed E-state index contributed by atoms with van der Waals surface area (Å²) in [4.78, 5) is 29.3. The lowest BCUT2D eigenvalue weighted by Crippen LogP contribution is -2.23. The van der Waals surface area contributed by atoms with Crippen LogP contribution in [0.2, 0.25) is 0 Å². The molecule has 2 aromatic heterocycles. The number of nitrogens with zero attached hydrogens (tertiary/aromatic N) is 4. The van der Waals surface area contributed by atoms with Crippen LogP contribution in [0.4, 0.5) is 5.69 Å². The number of anilines is 1. The molecule has 0 aliphatic heterocycles. The standard InChI is InChI=1S/C26H26N6O2S/c1-18(2)19-9-11-23(12-10-19)32-17-29-31-26(32)35-16-24(33)30-21-8-5-6-20(14-21)25(34)28-15-22-7-3-4-13-27-22/h3-14,17-18H,15-16H2,1-2H3,(H,28,34)(H,30,33). The highest BCUT2D eigenvalue weighted by molar-refractivity contribution is 7.99. The molecule has 8 nitrogen and oxygen atoms in total. The number of carbonyl (C=O) groups is 2. The normalized spacial score (nSPS) is 10.8. The number of aromatic nitrogens is 4. The summed E-state index contributed by atoms with van der Waals surface area (Å²) in [7, 11) is 0. The number of benzene rings is 2. The summed E-state index contributed by atoms with van der Waals surface area (Å²) in [6, 6.07) is 20.6. The van der Waals surface area contributed by atoms with E-state index in [2.05, 4.69) is 51.8 Å². The van der Waals surface area contributed by atoms with Crippen molar-refractivity contribution >= 4 is 29.3 Å². The quantitative estimate of drug-likeness (QED) is 0.339. The van der Waals surface area contributed by atoms with Crippen LogP contribution >= 0.6 is 11.8 Å². The van der Waals surface area contributed by atoms with Crippen LogP contribution in [0.25, 0.3) is 5.69 Å². The summed E-state index contributed by atoms with van der Waals surface area (Å²) < 4.78 is 1.86. The average molecular weight is 487 g/mol. The van der Waals surface area contributed by atoms with Gasteiger partial charge < -0.3 is 10.6 Å². The van der Waals surface area contributed by atoms with Crippen LogP contribution in [-0.4, -0.2) is 37.3 Å². The molecule has 4 rings (SSSR count). The summed E-state index contributed by atoms with van der Waals surface area (Å²) in [6.45, 7) is 4.63. The third-order valence-electron chi connectivity index (χ3n) is 5.25. The molecule has 0 bridgehead atoms. The fraction of sp³-hybridized carbons (Fsp3) is 0.192. The predicted octanol–water partition coefficient (Wildman–Crippen LogP) is 4.45. The van der Waals surface area contributed by atoms with Gasteiger partial charge in [0.2, 0.25) is 5.91 Å². The minimum absolute atomic E-state index is 0.152. The maximum atomic E-state index is 12.6. The zero-order chi connectivity index (χ0) is 24.6. The molecule has 9 heteroatoms. The SMILES string of the molecule is CC(C)c1ccc(-n2cnnc2SCC(=O)Nc2cccc(C(=O)NCc3ccccn3)c2)cc1. The van der Waals surface area contributed by atoms with Crippen molar-refractivity contribution in [3.63, 3.8) is 0 Å². The maximum Gasteiger partial charge on any atom is 0.251 e. The predicted molar refractivity (Wildman–Crippen MR) is 137 cm³/mol. The monoisotopic (exact) mass is 486 g/mol. The van der Waals surface area contributed by atoms with Crippen LogP contribution in [0.15, 0.2) is 84.4 Å². The molecule has 0 saturated heterocycles. The number of hydrogen-bond donors (Lipinski definition) is 2. The van der Waals surface area contributed by atoms with E-state index >= 15 is 0 Å². The van der Waals surface area contributed by atoms with E-state index in [1.807, 2.05) is 34.9 Å². The van der Waals surface area contributed by atoms with Gasteiger partial charge in [-0.1, -0.05) is 49.9 Å². The van der Waals surface area contributed by atoms with Crippen LogP contribution in [0, 0.1) is 0 Å². The molecular weight excluding hydrogens is 460 g/mol. The molecule has 0 saturated carbocycles. The van der Waals surface area contributed by atoms with Crippen LogP contribution in [0.5, 0.6) is 0 Å². The van der Waals surface area contributed by atoms with Gasteiger partial charge in [0.15, 0.2) is 5.16 Å². The Morgan fingerprint density at radius 1 is 1.03 bits per heavy atom. The Labute approximate surface area is 208 Å². The van der Waals surface area contributed by atoms with Crippen molar-refractivity contribution in [2.45, 2.75) is 31.5 Å². The van der Waals surface area contributed by atoms with Gasteiger partial charge in [-0.05, 0) is 53.9 Å². The van der Waals surface area contributed by atoms with Crippen molar-refractivity contribution in [1.29, 1.82) is 0 Å². The minimum Gasteiger partial charge on any atom is -0.346 e. The number of pyridine rings is 1. The molecule has 0 unspecified atom stereocenters. The fourth-order valence-corrected chi connectivity index (χ4v) is 4.09. The van der Waals surface area contributed by atoms with Gasteiger partial charge in [0.05, 0.1) is 18.0 Å². The first-order valence-corrected chi connectivity index (χ1v) is 12.2. The molecule has 0 spiro atoms. The first kappa shape index (κ1) is 24.2. The van der Waals surface area contributed by atoms with E-state index in [-0.39, 0.29) is 17.6 Å². The topological polar surface area (TPSA) is 102 Å². The second-order valence-corrected chi connectivity index (χ2v) is 9.09. The molecule has 0 fully saturated rings. The van der Waals surface area contributed by atoms with E-state index in [0.717, 1.165) is 11.4 Å². The number of nitrogens with one attached hydrogen (secondary N) is 2. The summed E-state index contributed by atoms with van der Waals surface area (Å²) >= 11 is 1.29. The Bertz CT molecular complexity index is 1290. The van der Waals surface area contributed by atoms with Gasteiger partial charge in [-0.2, -0.15) is 0 Å². The average Bonchev–Trinajstić information content (AvgIpc) is 3.35. The van der Waals surface area contributed by atoms with Gasteiger partial charge in [0.25, 0.3) is 5.91 Å². The molecule has 0 aliphatic rings. The van der Waals surface area contributed by atoms with Crippen LogP contribution in [-0.2, 0) is 11.3 Å². The molecule has 4 aromatic rings. The molecule has 178 valence electrons. The van der Waals surface area contributed by atoms with Crippen molar-refractivity contribution in [1.82, 2.24) is 25.1 Å². The van der Waals surface area contributed by atoms with Crippen molar-refractivity contribution < 1.29 is 9.59 Å². The van der Waals surface area contributed by atoms with E-state index in [1.54, 1.807) is 36.8 Å². The minimum atomic E-state index is -0.238. The lowest BCUT2D eigenvalue weighted by atomic mass is 10.0. The van der Waals surface area contributed by atoms with E-state index in [9.17, 15) is 9.59 Å². The Balaban J connectivity index is 1.33. The lowest BCUT2D eigenvalue weighted by Gasteiger charge is -2.10. The Hall–Kier alpha value is -3.98. The van der Waals surface area contributed by atoms with Gasteiger partial charge in [-0.25, -0.2) is 0 Å². The Morgan fingerprint density at radius 2 is 1.86 bits per heavy atom. The molecule has 0 atom stereocenters.